The molecule has 6 heteroatoms. The number of anilines is 1. The van der Waals surface area contributed by atoms with E-state index in [2.05, 4.69) is 0 Å². The average molecular weight is 286 g/mol. The Kier molecular flexibility index (Phi) is 2.96. The van der Waals surface area contributed by atoms with E-state index in [4.69, 9.17) is 0 Å². The molecule has 1 aliphatic heterocycles. The number of hydrogen-bond donors (Lipinski definition) is 0. The van der Waals surface area contributed by atoms with Crippen LogP contribution in [-0.2, 0) is 11.1 Å². The maximum atomic E-state index is 12.2. The Bertz CT molecular complexity index is 704. The van der Waals surface area contributed by atoms with Gasteiger partial charge in [0.2, 0.25) is 0 Å². The van der Waals surface area contributed by atoms with Crippen LogP contribution < -0.4 is 4.90 Å². The highest BCUT2D eigenvalue weighted by atomic mass is 32.2. The van der Waals surface area contributed by atoms with Gasteiger partial charge in [0.15, 0.2) is 0 Å². The molecular weight excluding hydrogens is 278 g/mol. The summed E-state index contributed by atoms with van der Waals surface area (Å²) < 4.78 is 21.6. The molecule has 2 aromatic carbocycles. The van der Waals surface area contributed by atoms with Crippen molar-refractivity contribution in [3.05, 3.63) is 59.7 Å². The van der Waals surface area contributed by atoms with Gasteiger partial charge in [0.25, 0.3) is 11.8 Å². The molecule has 0 bridgehead atoms. The standard InChI is InChI=1S/C14H9NO4S/c16-13-11-3-1-2-4-12(11)14(17)15(13)9-5-7-10(8-6-9)20(18)19/h1-8H,(H,18,19)/p-1. The van der Waals surface area contributed by atoms with E-state index >= 15 is 0 Å². The summed E-state index contributed by atoms with van der Waals surface area (Å²) in [5, 5.41) is 0. The van der Waals surface area contributed by atoms with Gasteiger partial charge in [0.1, 0.15) is 0 Å². The molecule has 1 heterocycles. The fourth-order valence-electron chi connectivity index (χ4n) is 2.13. The summed E-state index contributed by atoms with van der Waals surface area (Å²) in [5.41, 5.74) is 1.06. The predicted molar refractivity (Wildman–Crippen MR) is 71.2 cm³/mol. The van der Waals surface area contributed by atoms with Crippen molar-refractivity contribution in [3.63, 3.8) is 0 Å². The Morgan fingerprint density at radius 2 is 1.35 bits per heavy atom. The minimum absolute atomic E-state index is 0.102. The first-order valence-corrected chi connectivity index (χ1v) is 6.84. The highest BCUT2D eigenvalue weighted by Crippen LogP contribution is 2.28. The summed E-state index contributed by atoms with van der Waals surface area (Å²) in [5.74, 6) is -0.803. The van der Waals surface area contributed by atoms with Crippen LogP contribution in [0.25, 0.3) is 0 Å². The van der Waals surface area contributed by atoms with E-state index in [1.807, 2.05) is 0 Å². The van der Waals surface area contributed by atoms with Crippen LogP contribution in [0, 0.1) is 0 Å². The van der Waals surface area contributed by atoms with Crippen LogP contribution in [0.2, 0.25) is 0 Å². The SMILES string of the molecule is O=C1c2ccccc2C(=O)N1c1ccc(S(=O)[O-])cc1. The zero-order valence-electron chi connectivity index (χ0n) is 10.1. The molecule has 0 N–H and O–H groups in total. The molecule has 0 aromatic heterocycles. The van der Waals surface area contributed by atoms with Crippen LogP contribution in [0.15, 0.2) is 53.4 Å². The first kappa shape index (κ1) is 12.7. The first-order chi connectivity index (χ1) is 9.59. The average Bonchev–Trinajstić information content (AvgIpc) is 2.72. The van der Waals surface area contributed by atoms with Gasteiger partial charge in [-0.3, -0.25) is 13.8 Å². The highest BCUT2D eigenvalue weighted by molar-refractivity contribution is 7.79. The van der Waals surface area contributed by atoms with E-state index < -0.39 is 22.9 Å². The van der Waals surface area contributed by atoms with Gasteiger partial charge in [0.05, 0.1) is 16.8 Å². The number of carbonyl (C=O) groups is 2. The summed E-state index contributed by atoms with van der Waals surface area (Å²) in [7, 11) is 0. The second-order valence-corrected chi connectivity index (χ2v) is 5.16. The largest absolute Gasteiger partial charge is 0.768 e. The van der Waals surface area contributed by atoms with Gasteiger partial charge in [-0.1, -0.05) is 12.1 Å². The second kappa shape index (κ2) is 4.66. The van der Waals surface area contributed by atoms with Crippen molar-refractivity contribution in [3.8, 4) is 0 Å². The number of rotatable bonds is 2. The molecule has 0 aliphatic carbocycles. The third-order valence-electron chi connectivity index (χ3n) is 3.08. The minimum Gasteiger partial charge on any atom is -0.768 e. The third kappa shape index (κ3) is 1.86. The zero-order chi connectivity index (χ0) is 14.3. The summed E-state index contributed by atoms with van der Waals surface area (Å²) in [6.45, 7) is 0. The van der Waals surface area contributed by atoms with Gasteiger partial charge in [-0.25, -0.2) is 4.90 Å². The number of fused-ring (bicyclic) bond motifs is 1. The third-order valence-corrected chi connectivity index (χ3v) is 3.74. The van der Waals surface area contributed by atoms with Crippen LogP contribution in [0.3, 0.4) is 0 Å². The fourth-order valence-corrected chi connectivity index (χ4v) is 2.49. The Morgan fingerprint density at radius 3 is 1.80 bits per heavy atom. The van der Waals surface area contributed by atoms with Crippen molar-refractivity contribution in [2.75, 3.05) is 4.90 Å². The van der Waals surface area contributed by atoms with Crippen LogP contribution in [0.5, 0.6) is 0 Å². The van der Waals surface area contributed by atoms with Crippen molar-refractivity contribution in [2.24, 2.45) is 0 Å². The Balaban J connectivity index is 2.02. The number of carbonyl (C=O) groups excluding carboxylic acids is 2. The number of hydrogen-bond acceptors (Lipinski definition) is 4. The Morgan fingerprint density at radius 1 is 0.850 bits per heavy atom. The molecule has 2 amide bonds. The first-order valence-electron chi connectivity index (χ1n) is 5.77. The summed E-state index contributed by atoms with van der Waals surface area (Å²) in [6.07, 6.45) is 0. The smallest absolute Gasteiger partial charge is 0.266 e. The van der Waals surface area contributed by atoms with Gasteiger partial charge in [-0.15, -0.1) is 0 Å². The molecular formula is C14H8NO4S-. The van der Waals surface area contributed by atoms with Gasteiger partial charge in [-0.05, 0) is 47.5 Å². The van der Waals surface area contributed by atoms with Gasteiger partial charge in [0, 0.05) is 4.90 Å². The highest BCUT2D eigenvalue weighted by Gasteiger charge is 2.36. The van der Waals surface area contributed by atoms with Crippen molar-refractivity contribution in [2.45, 2.75) is 4.90 Å². The fraction of sp³-hybridized carbons (Fsp3) is 0. The van der Waals surface area contributed by atoms with Crippen molar-refractivity contribution < 1.29 is 18.4 Å². The molecule has 0 saturated heterocycles. The maximum absolute atomic E-state index is 12.2. The van der Waals surface area contributed by atoms with Gasteiger partial charge in [-0.2, -0.15) is 0 Å². The Labute approximate surface area is 117 Å². The normalized spacial score (nSPS) is 15.3. The number of amides is 2. The van der Waals surface area contributed by atoms with Crippen LogP contribution >= 0.6 is 0 Å². The monoisotopic (exact) mass is 286 g/mol. The molecule has 2 aromatic rings. The lowest BCUT2D eigenvalue weighted by atomic mass is 10.1. The number of nitrogens with zero attached hydrogens (tertiary/aromatic N) is 1. The summed E-state index contributed by atoms with van der Waals surface area (Å²) >= 11 is -2.33. The lowest BCUT2D eigenvalue weighted by Gasteiger charge is -2.14. The topological polar surface area (TPSA) is 77.5 Å². The van der Waals surface area contributed by atoms with E-state index in [-0.39, 0.29) is 4.90 Å². The number of imide groups is 1. The van der Waals surface area contributed by atoms with Crippen LogP contribution in [0.4, 0.5) is 5.69 Å². The van der Waals surface area contributed by atoms with Crippen LogP contribution in [0.1, 0.15) is 20.7 Å². The van der Waals surface area contributed by atoms with Crippen molar-refractivity contribution in [1.82, 2.24) is 0 Å². The summed E-state index contributed by atoms with van der Waals surface area (Å²) in [4.78, 5) is 25.6. The predicted octanol–water partition coefficient (Wildman–Crippen LogP) is 1.73. The van der Waals surface area contributed by atoms with E-state index in [1.165, 1.54) is 24.3 Å². The molecule has 100 valence electrons. The molecule has 3 rings (SSSR count). The molecule has 1 unspecified atom stereocenters. The van der Waals surface area contributed by atoms with Gasteiger partial charge >= 0.3 is 0 Å². The molecule has 1 atom stereocenters. The lowest BCUT2D eigenvalue weighted by Crippen LogP contribution is -2.29. The molecule has 1 aliphatic rings. The minimum atomic E-state index is -2.33. The van der Waals surface area contributed by atoms with Gasteiger partial charge < -0.3 is 4.55 Å². The van der Waals surface area contributed by atoms with E-state index in [0.29, 0.717) is 16.8 Å². The molecule has 0 saturated carbocycles. The summed E-state index contributed by atoms with van der Waals surface area (Å²) in [6, 6.07) is 12.1. The zero-order valence-corrected chi connectivity index (χ0v) is 10.9. The molecule has 0 spiro atoms. The van der Waals surface area contributed by atoms with E-state index in [9.17, 15) is 18.4 Å². The quantitative estimate of drug-likeness (QED) is 0.622. The van der Waals surface area contributed by atoms with Crippen molar-refractivity contribution in [1.29, 1.82) is 0 Å². The Hall–Kier alpha value is -2.31. The van der Waals surface area contributed by atoms with Crippen LogP contribution in [-0.4, -0.2) is 20.6 Å². The number of benzene rings is 2. The van der Waals surface area contributed by atoms with E-state index in [0.717, 1.165) is 4.90 Å². The molecule has 20 heavy (non-hydrogen) atoms. The lowest BCUT2D eigenvalue weighted by molar-refractivity contribution is 0.0926. The molecule has 5 nitrogen and oxygen atoms in total. The van der Waals surface area contributed by atoms with Crippen molar-refractivity contribution >= 4 is 28.6 Å². The molecule has 0 radical (unpaired) electrons. The molecule has 0 fully saturated rings. The maximum Gasteiger partial charge on any atom is 0.266 e. The van der Waals surface area contributed by atoms with E-state index in [1.54, 1.807) is 24.3 Å². The second-order valence-electron chi connectivity index (χ2n) is 4.22.